The number of H-pyrrole nitrogens is 1. The molecular formula is C16H28N4OS. The first kappa shape index (κ1) is 15.9. The zero-order valence-corrected chi connectivity index (χ0v) is 15.4. The summed E-state index contributed by atoms with van der Waals surface area (Å²) in [7, 11) is 1.17. The van der Waals surface area contributed by atoms with Crippen molar-refractivity contribution in [3.63, 3.8) is 0 Å². The highest BCUT2D eigenvalue weighted by atomic mass is 32.3. The Labute approximate surface area is 134 Å². The molecule has 0 saturated heterocycles. The maximum Gasteiger partial charge on any atom is 0.240 e. The van der Waals surface area contributed by atoms with Gasteiger partial charge >= 0.3 is 0 Å². The zero-order chi connectivity index (χ0) is 16.3. The number of carbonyl (C=O) groups excluding carboxylic acids is 1. The molecule has 0 spiro atoms. The molecule has 1 aliphatic heterocycles. The van der Waals surface area contributed by atoms with Crippen molar-refractivity contribution in [3.05, 3.63) is 11.3 Å². The Morgan fingerprint density at radius 2 is 1.95 bits per heavy atom. The monoisotopic (exact) mass is 324 g/mol. The van der Waals surface area contributed by atoms with Crippen molar-refractivity contribution >= 4 is 21.8 Å². The molecule has 2 heterocycles. The maximum absolute atomic E-state index is 12.9. The molecule has 1 aliphatic carbocycles. The normalized spacial score (nSPS) is 23.7. The fourth-order valence-corrected chi connectivity index (χ4v) is 5.71. The summed E-state index contributed by atoms with van der Waals surface area (Å²) in [6.45, 7) is 5.18. The Hall–Kier alpha value is -1.01. The predicted molar refractivity (Wildman–Crippen MR) is 93.7 cm³/mol. The molecule has 1 fully saturated rings. The average molecular weight is 324 g/mol. The molecule has 1 aromatic rings. The molecule has 22 heavy (non-hydrogen) atoms. The standard InChI is InChI=1S/C16H28N4OS/c1-15(2)12-11(10-20(15)3)13(19-18-12)17-14(21)16(8-7-9-16)22(4,5)6/h7-10H2,1-6H3,(H2,17,18,19,21). The van der Waals surface area contributed by atoms with Crippen LogP contribution in [-0.4, -0.2) is 51.6 Å². The van der Waals surface area contributed by atoms with Crippen LogP contribution < -0.4 is 5.32 Å². The number of rotatable bonds is 3. The van der Waals surface area contributed by atoms with Crippen molar-refractivity contribution in [2.24, 2.45) is 0 Å². The lowest BCUT2D eigenvalue weighted by Gasteiger charge is -2.53. The third-order valence-corrected chi connectivity index (χ3v) is 8.75. The van der Waals surface area contributed by atoms with Gasteiger partial charge in [-0.15, -0.1) is 0 Å². The zero-order valence-electron chi connectivity index (χ0n) is 14.5. The van der Waals surface area contributed by atoms with Gasteiger partial charge in [0.05, 0.1) is 16.0 Å². The summed E-state index contributed by atoms with van der Waals surface area (Å²) in [6.07, 6.45) is 9.92. The minimum absolute atomic E-state index is 0.0608. The second-order valence-electron chi connectivity index (χ2n) is 7.98. The van der Waals surface area contributed by atoms with Gasteiger partial charge in [-0.05, 0) is 58.9 Å². The molecular weight excluding hydrogens is 296 g/mol. The molecule has 1 aromatic heterocycles. The van der Waals surface area contributed by atoms with E-state index in [4.69, 9.17) is 0 Å². The molecule has 0 radical (unpaired) electrons. The van der Waals surface area contributed by atoms with Crippen LogP contribution in [0.5, 0.6) is 0 Å². The van der Waals surface area contributed by atoms with Crippen molar-refractivity contribution in [1.29, 1.82) is 0 Å². The summed E-state index contributed by atoms with van der Waals surface area (Å²) in [6, 6.07) is 0. The van der Waals surface area contributed by atoms with Crippen molar-refractivity contribution in [1.82, 2.24) is 15.1 Å². The Kier molecular flexibility index (Phi) is 3.42. The van der Waals surface area contributed by atoms with E-state index in [0.29, 0.717) is 0 Å². The third kappa shape index (κ3) is 2.03. The first-order valence-electron chi connectivity index (χ1n) is 7.88. The highest BCUT2D eigenvalue weighted by Crippen LogP contribution is 2.60. The van der Waals surface area contributed by atoms with Crippen molar-refractivity contribution < 1.29 is 4.79 Å². The Bertz CT molecular complexity index is 610. The second kappa shape index (κ2) is 4.74. The van der Waals surface area contributed by atoms with E-state index >= 15 is 0 Å². The van der Waals surface area contributed by atoms with Crippen LogP contribution in [0, 0.1) is 0 Å². The number of carbonyl (C=O) groups is 1. The number of fused-ring (bicyclic) bond motifs is 1. The number of hydrogen-bond donors (Lipinski definition) is 2. The summed E-state index contributed by atoms with van der Waals surface area (Å²) < 4.78 is -0.168. The minimum Gasteiger partial charge on any atom is -0.308 e. The molecule has 0 bridgehead atoms. The van der Waals surface area contributed by atoms with Gasteiger partial charge in [-0.1, -0.05) is 0 Å². The van der Waals surface area contributed by atoms with E-state index in [-0.39, 0.29) is 16.2 Å². The van der Waals surface area contributed by atoms with Gasteiger partial charge in [-0.2, -0.15) is 5.10 Å². The van der Waals surface area contributed by atoms with Crippen LogP contribution in [-0.2, 0) is 16.9 Å². The van der Waals surface area contributed by atoms with Gasteiger partial charge in [0.15, 0.2) is 5.82 Å². The number of hydrogen-bond acceptors (Lipinski definition) is 3. The van der Waals surface area contributed by atoms with Gasteiger partial charge in [0.25, 0.3) is 0 Å². The molecule has 3 rings (SSSR count). The smallest absolute Gasteiger partial charge is 0.240 e. The van der Waals surface area contributed by atoms with Crippen LogP contribution >= 0.6 is 10.0 Å². The summed E-state index contributed by atoms with van der Waals surface area (Å²) >= 11 is 0. The SMILES string of the molecule is CN1Cc2c(NC(=O)C3(S(C)(C)C)CCC3)n[nH]c2C1(C)C. The van der Waals surface area contributed by atoms with Crippen LogP contribution in [0.15, 0.2) is 0 Å². The summed E-state index contributed by atoms with van der Waals surface area (Å²) in [4.78, 5) is 15.2. The molecule has 2 aliphatic rings. The number of nitrogens with one attached hydrogen (secondary N) is 2. The highest BCUT2D eigenvalue weighted by molar-refractivity contribution is 8.33. The summed E-state index contributed by atoms with van der Waals surface area (Å²) in [5.74, 6) is 0.898. The Morgan fingerprint density at radius 1 is 1.32 bits per heavy atom. The van der Waals surface area contributed by atoms with E-state index in [1.807, 2.05) is 0 Å². The number of aromatic amines is 1. The van der Waals surface area contributed by atoms with Crippen LogP contribution in [0.1, 0.15) is 44.4 Å². The average Bonchev–Trinajstić information content (AvgIpc) is 2.77. The van der Waals surface area contributed by atoms with E-state index in [9.17, 15) is 4.79 Å². The number of aromatic nitrogens is 2. The summed E-state index contributed by atoms with van der Waals surface area (Å²) in [5, 5.41) is 10.7. The van der Waals surface area contributed by atoms with E-state index in [1.165, 1.54) is 0 Å². The van der Waals surface area contributed by atoms with Crippen LogP contribution in [0.25, 0.3) is 0 Å². The van der Waals surface area contributed by atoms with E-state index < -0.39 is 10.0 Å². The number of anilines is 1. The van der Waals surface area contributed by atoms with Gasteiger partial charge in [-0.3, -0.25) is 14.8 Å². The summed E-state index contributed by atoms with van der Waals surface area (Å²) in [5.41, 5.74) is 2.20. The Morgan fingerprint density at radius 3 is 2.45 bits per heavy atom. The third-order valence-electron chi connectivity index (χ3n) is 5.81. The van der Waals surface area contributed by atoms with Gasteiger partial charge in [0, 0.05) is 12.1 Å². The van der Waals surface area contributed by atoms with Crippen LogP contribution in [0.2, 0.25) is 0 Å². The number of nitrogens with zero attached hydrogens (tertiary/aromatic N) is 2. The van der Waals surface area contributed by atoms with Crippen molar-refractivity contribution in [3.8, 4) is 0 Å². The second-order valence-corrected chi connectivity index (χ2v) is 12.4. The molecule has 1 amide bonds. The van der Waals surface area contributed by atoms with Crippen molar-refractivity contribution in [2.45, 2.75) is 49.9 Å². The maximum atomic E-state index is 12.9. The van der Waals surface area contributed by atoms with Gasteiger partial charge in [-0.25, -0.2) is 10.0 Å². The fraction of sp³-hybridized carbons (Fsp3) is 0.750. The first-order valence-corrected chi connectivity index (χ1v) is 10.7. The first-order chi connectivity index (χ1) is 10.1. The molecule has 0 unspecified atom stereocenters. The fourth-order valence-electron chi connectivity index (χ4n) is 3.59. The van der Waals surface area contributed by atoms with E-state index in [0.717, 1.165) is 42.9 Å². The van der Waals surface area contributed by atoms with Gasteiger partial charge in [0.2, 0.25) is 5.91 Å². The lowest BCUT2D eigenvalue weighted by molar-refractivity contribution is -0.120. The van der Waals surface area contributed by atoms with Gasteiger partial charge in [0.1, 0.15) is 0 Å². The Balaban J connectivity index is 1.86. The minimum atomic E-state index is -0.938. The molecule has 2 N–H and O–H groups in total. The molecule has 124 valence electrons. The van der Waals surface area contributed by atoms with Crippen molar-refractivity contribution in [2.75, 3.05) is 31.1 Å². The molecule has 0 aromatic carbocycles. The lowest BCUT2D eigenvalue weighted by Crippen LogP contribution is -2.51. The van der Waals surface area contributed by atoms with Crippen LogP contribution in [0.3, 0.4) is 0 Å². The largest absolute Gasteiger partial charge is 0.308 e. The van der Waals surface area contributed by atoms with Crippen LogP contribution in [0.4, 0.5) is 5.82 Å². The number of amides is 1. The quantitative estimate of drug-likeness (QED) is 0.898. The molecule has 0 atom stereocenters. The van der Waals surface area contributed by atoms with E-state index in [2.05, 4.69) is 60.1 Å². The van der Waals surface area contributed by atoms with E-state index in [1.54, 1.807) is 0 Å². The van der Waals surface area contributed by atoms with Gasteiger partial charge < -0.3 is 5.32 Å². The molecule has 6 heteroatoms. The topological polar surface area (TPSA) is 61.0 Å². The molecule has 5 nitrogen and oxygen atoms in total. The lowest BCUT2D eigenvalue weighted by atomic mass is 9.83. The highest BCUT2D eigenvalue weighted by Gasteiger charge is 2.51. The molecule has 1 saturated carbocycles. The predicted octanol–water partition coefficient (Wildman–Crippen LogP) is 2.65.